The van der Waals surface area contributed by atoms with Gasteiger partial charge in [0.2, 0.25) is 0 Å². The van der Waals surface area contributed by atoms with E-state index in [2.05, 4.69) is 31.2 Å². The summed E-state index contributed by atoms with van der Waals surface area (Å²) in [5, 5.41) is 7.27. The third kappa shape index (κ3) is 4.49. The topological polar surface area (TPSA) is 53.4 Å². The van der Waals surface area contributed by atoms with E-state index in [1.165, 1.54) is 38.5 Å². The summed E-state index contributed by atoms with van der Waals surface area (Å²) in [6.45, 7) is 2.66. The maximum absolute atomic E-state index is 14.2. The Kier molecular flexibility index (Phi) is 6.28. The fraction of sp³-hybridized carbons (Fsp3) is 0.643. The number of benzene rings is 1. The minimum absolute atomic E-state index is 0.0421. The molecule has 0 spiro atoms. The largest absolute Gasteiger partial charge is 0.410 e. The minimum atomic E-state index is -4.54. The van der Waals surface area contributed by atoms with Crippen LogP contribution in [-0.2, 0) is 0 Å². The van der Waals surface area contributed by atoms with E-state index in [1.807, 2.05) is 0 Å². The number of carbonyl (C=O) groups is 1. The number of halogens is 5. The van der Waals surface area contributed by atoms with Gasteiger partial charge in [-0.05, 0) is 74.0 Å². The van der Waals surface area contributed by atoms with Crippen LogP contribution in [0.3, 0.4) is 0 Å². The quantitative estimate of drug-likeness (QED) is 0.413. The smallest absolute Gasteiger partial charge is 0.362 e. The highest BCUT2D eigenvalue weighted by atomic mass is 79.9. The van der Waals surface area contributed by atoms with Crippen molar-refractivity contribution in [2.45, 2.75) is 68.7 Å². The number of alkyl halides is 3. The highest BCUT2D eigenvalue weighted by Crippen LogP contribution is 2.58. The zero-order valence-electron chi connectivity index (χ0n) is 21.6. The number of rotatable bonds is 3. The first-order valence-corrected chi connectivity index (χ1v) is 15.2. The summed E-state index contributed by atoms with van der Waals surface area (Å²) >= 11 is 9.98. The third-order valence-electron chi connectivity index (χ3n) is 10.0. The average Bonchev–Trinajstić information content (AvgIpc) is 3.23. The van der Waals surface area contributed by atoms with Crippen molar-refractivity contribution in [2.75, 3.05) is 31.5 Å². The van der Waals surface area contributed by atoms with Crippen molar-refractivity contribution in [3.8, 4) is 0 Å². The molecule has 39 heavy (non-hydrogen) atoms. The number of carbonyl (C=O) groups excluding carboxylic acids is 1. The number of piperazine rings is 1. The Hall–Kier alpha value is -1.78. The molecule has 1 aromatic carbocycles. The van der Waals surface area contributed by atoms with Crippen molar-refractivity contribution in [3.63, 3.8) is 0 Å². The van der Waals surface area contributed by atoms with Gasteiger partial charge in [-0.2, -0.15) is 18.3 Å². The summed E-state index contributed by atoms with van der Waals surface area (Å²) in [5.41, 5.74) is 0.888. The van der Waals surface area contributed by atoms with Gasteiger partial charge in [0.1, 0.15) is 10.8 Å². The van der Waals surface area contributed by atoms with Gasteiger partial charge in [-0.15, -0.1) is 0 Å². The summed E-state index contributed by atoms with van der Waals surface area (Å²) in [5.74, 6) is 2.20. The summed E-state index contributed by atoms with van der Waals surface area (Å²) in [7, 11) is 0. The molecular formula is C28H32BrClF3N5O. The Morgan fingerprint density at radius 1 is 0.974 bits per heavy atom. The molecule has 1 aromatic heterocycles. The van der Waals surface area contributed by atoms with Crippen molar-refractivity contribution in [1.29, 1.82) is 0 Å². The molecule has 4 aliphatic carbocycles. The lowest BCUT2D eigenvalue weighted by molar-refractivity contribution is -0.173. The predicted molar refractivity (Wildman–Crippen MR) is 146 cm³/mol. The highest BCUT2D eigenvalue weighted by molar-refractivity contribution is 9.10. The maximum Gasteiger partial charge on any atom is 0.410 e. The second kappa shape index (κ2) is 9.38. The van der Waals surface area contributed by atoms with Crippen molar-refractivity contribution in [2.24, 2.45) is 17.8 Å². The number of aromatic nitrogens is 2. The second-order valence-electron chi connectivity index (χ2n) is 12.4. The Morgan fingerprint density at radius 3 is 2.13 bits per heavy atom. The van der Waals surface area contributed by atoms with Gasteiger partial charge >= 0.3 is 6.18 Å². The van der Waals surface area contributed by atoms with Crippen molar-refractivity contribution >= 4 is 39.3 Å². The molecule has 8 rings (SSSR count). The molecule has 210 valence electrons. The van der Waals surface area contributed by atoms with Gasteiger partial charge in [0.15, 0.2) is 11.7 Å². The van der Waals surface area contributed by atoms with Crippen molar-refractivity contribution in [1.82, 2.24) is 19.6 Å². The monoisotopic (exact) mass is 625 g/mol. The number of nitrogens with zero attached hydrogens (tertiary/aromatic N) is 4. The van der Waals surface area contributed by atoms with Crippen LogP contribution in [0.1, 0.15) is 73.1 Å². The van der Waals surface area contributed by atoms with Crippen molar-refractivity contribution < 1.29 is 18.0 Å². The average molecular weight is 627 g/mol. The van der Waals surface area contributed by atoms with Gasteiger partial charge < -0.3 is 10.2 Å². The lowest BCUT2D eigenvalue weighted by atomic mass is 9.52. The van der Waals surface area contributed by atoms with E-state index in [1.54, 1.807) is 29.2 Å². The fourth-order valence-electron chi connectivity index (χ4n) is 8.63. The first-order chi connectivity index (χ1) is 18.6. The SMILES string of the molecule is O=C(c1nn2c(c1Cl)N[C@@H](c1ccc(Br)cc1)C[C@@H]2C(F)(F)F)N1CCN(C23CC4CC(CC(C4)C2)C3)CC1. The van der Waals surface area contributed by atoms with Crippen LogP contribution in [0.15, 0.2) is 28.7 Å². The number of anilines is 1. The maximum atomic E-state index is 14.2. The molecule has 1 saturated heterocycles. The normalized spacial score (nSPS) is 34.2. The molecule has 5 fully saturated rings. The zero-order valence-corrected chi connectivity index (χ0v) is 23.9. The molecule has 0 radical (unpaired) electrons. The first kappa shape index (κ1) is 26.1. The van der Waals surface area contributed by atoms with E-state index in [0.29, 0.717) is 18.7 Å². The molecule has 4 bridgehead atoms. The summed E-state index contributed by atoms with van der Waals surface area (Å²) < 4.78 is 44.3. The van der Waals surface area contributed by atoms with Crippen LogP contribution >= 0.6 is 27.5 Å². The Balaban J connectivity index is 1.10. The summed E-state index contributed by atoms with van der Waals surface area (Å²) in [4.78, 5) is 17.9. The molecule has 1 amide bonds. The molecular weight excluding hydrogens is 595 g/mol. The standard InChI is InChI=1S/C28H32BrClF3N5O/c29-20-3-1-19(2-4-20)21-12-22(28(31,32)33)38-25(34-21)23(30)24(35-38)26(39)36-5-7-37(8-6-36)27-13-16-9-17(14-27)11-18(10-16)15-27/h1-4,16-18,21-22,34H,5-15H2/t16?,17?,18?,21-,22-,27?/m1/s1. The lowest BCUT2D eigenvalue weighted by Gasteiger charge is -2.61. The van der Waals surface area contributed by atoms with E-state index < -0.39 is 24.2 Å². The van der Waals surface area contributed by atoms with E-state index in [4.69, 9.17) is 11.6 Å². The summed E-state index contributed by atoms with van der Waals surface area (Å²) in [6.07, 6.45) is 3.20. The number of nitrogens with one attached hydrogen (secondary N) is 1. The molecule has 2 aromatic rings. The van der Waals surface area contributed by atoms with E-state index in [9.17, 15) is 18.0 Å². The fourth-order valence-corrected chi connectivity index (χ4v) is 9.15. The highest BCUT2D eigenvalue weighted by Gasteiger charge is 2.54. The zero-order chi connectivity index (χ0) is 27.1. The molecule has 2 aliphatic heterocycles. The second-order valence-corrected chi connectivity index (χ2v) is 13.7. The molecule has 2 atom stereocenters. The van der Waals surface area contributed by atoms with Gasteiger partial charge in [0, 0.05) is 42.6 Å². The first-order valence-electron chi connectivity index (χ1n) is 14.0. The molecule has 1 N–H and O–H groups in total. The molecule has 6 nitrogen and oxygen atoms in total. The Morgan fingerprint density at radius 2 is 1.56 bits per heavy atom. The van der Waals surface area contributed by atoms with E-state index in [-0.39, 0.29) is 28.5 Å². The van der Waals surface area contributed by atoms with Gasteiger partial charge in [-0.3, -0.25) is 9.69 Å². The van der Waals surface area contributed by atoms with Crippen LogP contribution < -0.4 is 5.32 Å². The predicted octanol–water partition coefficient (Wildman–Crippen LogP) is 6.69. The van der Waals surface area contributed by atoms with Gasteiger partial charge in [-0.1, -0.05) is 39.7 Å². The minimum Gasteiger partial charge on any atom is -0.362 e. The Labute approximate surface area is 239 Å². The van der Waals surface area contributed by atoms with Crippen LogP contribution in [0.4, 0.5) is 19.0 Å². The van der Waals surface area contributed by atoms with Gasteiger partial charge in [0.05, 0.1) is 6.04 Å². The number of fused-ring (bicyclic) bond motifs is 1. The van der Waals surface area contributed by atoms with Gasteiger partial charge in [0.25, 0.3) is 5.91 Å². The third-order valence-corrected chi connectivity index (χ3v) is 10.9. The summed E-state index contributed by atoms with van der Waals surface area (Å²) in [6, 6.07) is 4.66. The molecule has 6 aliphatic rings. The van der Waals surface area contributed by atoms with Crippen LogP contribution in [0.2, 0.25) is 5.02 Å². The van der Waals surface area contributed by atoms with E-state index in [0.717, 1.165) is 40.0 Å². The molecule has 4 saturated carbocycles. The number of amides is 1. The lowest BCUT2D eigenvalue weighted by Crippen LogP contribution is -2.64. The van der Waals surface area contributed by atoms with Gasteiger partial charge in [-0.25, -0.2) is 4.68 Å². The van der Waals surface area contributed by atoms with Crippen molar-refractivity contribution in [3.05, 3.63) is 45.0 Å². The Bertz CT molecular complexity index is 1240. The van der Waals surface area contributed by atoms with E-state index >= 15 is 0 Å². The van der Waals surface area contributed by atoms with Crippen LogP contribution in [0.5, 0.6) is 0 Å². The molecule has 0 unspecified atom stereocenters. The number of hydrogen-bond acceptors (Lipinski definition) is 4. The number of hydrogen-bond donors (Lipinski definition) is 1. The van der Waals surface area contributed by atoms with Crippen LogP contribution in [-0.4, -0.2) is 63.4 Å². The molecule has 11 heteroatoms. The van der Waals surface area contributed by atoms with Crippen LogP contribution in [0.25, 0.3) is 0 Å². The van der Waals surface area contributed by atoms with Crippen LogP contribution in [0, 0.1) is 17.8 Å². The molecule has 3 heterocycles.